The molecule has 0 heterocycles. The second-order valence-electron chi connectivity index (χ2n) is 2.87. The zero-order chi connectivity index (χ0) is 11.5. The largest absolute Gasteiger partial charge is 0.233 e. The van der Waals surface area contributed by atoms with E-state index < -0.39 is 30.4 Å². The summed E-state index contributed by atoms with van der Waals surface area (Å²) < 4.78 is 44.3. The molecule has 0 bridgehead atoms. The summed E-state index contributed by atoms with van der Waals surface area (Å²) >= 11 is 0. The summed E-state index contributed by atoms with van der Waals surface area (Å²) in [6.45, 7) is 0. The van der Waals surface area contributed by atoms with Crippen LogP contribution in [-0.2, 0) is 18.9 Å². The minimum atomic E-state index is -3.77. The first-order valence-corrected chi connectivity index (χ1v) is 8.14. The van der Waals surface area contributed by atoms with Crippen LogP contribution in [0.15, 0.2) is 35.2 Å². The van der Waals surface area contributed by atoms with Gasteiger partial charge in [-0.05, 0) is 12.1 Å². The van der Waals surface area contributed by atoms with Crippen molar-refractivity contribution in [3.63, 3.8) is 0 Å². The molecule has 0 unspecified atom stereocenters. The van der Waals surface area contributed by atoms with Gasteiger partial charge in [0.2, 0.25) is 9.05 Å². The van der Waals surface area contributed by atoms with Crippen LogP contribution in [0.4, 0.5) is 0 Å². The summed E-state index contributed by atoms with van der Waals surface area (Å²) in [5, 5.41) is 0. The molecule has 0 N–H and O–H groups in total. The maximum atomic E-state index is 11.6. The molecule has 0 saturated carbocycles. The van der Waals surface area contributed by atoms with Crippen LogP contribution in [0, 0.1) is 0 Å². The highest BCUT2D eigenvalue weighted by molar-refractivity contribution is 8.14. The number of sulfone groups is 1. The Bertz CT molecular complexity index is 519. The molecule has 1 aromatic carbocycles. The Morgan fingerprint density at radius 1 is 0.933 bits per heavy atom. The van der Waals surface area contributed by atoms with Gasteiger partial charge in [0.1, 0.15) is 0 Å². The van der Waals surface area contributed by atoms with Crippen molar-refractivity contribution in [1.82, 2.24) is 0 Å². The summed E-state index contributed by atoms with van der Waals surface area (Å²) in [5.41, 5.74) is 0. The third-order valence-electron chi connectivity index (χ3n) is 1.70. The van der Waals surface area contributed by atoms with E-state index in [-0.39, 0.29) is 4.90 Å². The summed E-state index contributed by atoms with van der Waals surface area (Å²) in [5.74, 6) is -1.07. The fourth-order valence-corrected chi connectivity index (χ4v) is 4.00. The van der Waals surface area contributed by atoms with E-state index in [2.05, 4.69) is 0 Å². The molecule has 0 aromatic heterocycles. The lowest BCUT2D eigenvalue weighted by Gasteiger charge is -2.01. The van der Waals surface area contributed by atoms with Crippen molar-refractivity contribution in [1.29, 1.82) is 0 Å². The molecule has 0 aliphatic heterocycles. The number of benzene rings is 1. The van der Waals surface area contributed by atoms with Gasteiger partial charge in [0.15, 0.2) is 9.84 Å². The van der Waals surface area contributed by atoms with Gasteiger partial charge in [-0.15, -0.1) is 0 Å². The zero-order valence-electron chi connectivity index (χ0n) is 7.63. The van der Waals surface area contributed by atoms with E-state index in [0.29, 0.717) is 0 Å². The first-order chi connectivity index (χ1) is 6.81. The smallest absolute Gasteiger partial charge is 0.224 e. The molecule has 0 amide bonds. The van der Waals surface area contributed by atoms with Crippen molar-refractivity contribution in [2.45, 2.75) is 4.90 Å². The molecule has 0 radical (unpaired) electrons. The molecule has 7 heteroatoms. The van der Waals surface area contributed by atoms with E-state index in [1.54, 1.807) is 18.2 Å². The van der Waals surface area contributed by atoms with E-state index >= 15 is 0 Å². The lowest BCUT2D eigenvalue weighted by atomic mass is 10.4. The molecule has 4 nitrogen and oxygen atoms in total. The van der Waals surface area contributed by atoms with Crippen molar-refractivity contribution in [3.8, 4) is 0 Å². The first kappa shape index (κ1) is 12.5. The molecule has 0 spiro atoms. The van der Waals surface area contributed by atoms with Crippen molar-refractivity contribution >= 4 is 29.6 Å². The summed E-state index contributed by atoms with van der Waals surface area (Å²) in [6.07, 6.45) is 0. The van der Waals surface area contributed by atoms with Crippen LogP contribution < -0.4 is 0 Å². The zero-order valence-corrected chi connectivity index (χ0v) is 10.0. The number of hydrogen-bond donors (Lipinski definition) is 0. The Kier molecular flexibility index (Phi) is 3.75. The molecular weight excluding hydrogens is 260 g/mol. The fourth-order valence-electron chi connectivity index (χ4n) is 0.955. The number of halogens is 1. The van der Waals surface area contributed by atoms with Gasteiger partial charge in [-0.25, -0.2) is 16.8 Å². The van der Waals surface area contributed by atoms with Gasteiger partial charge in [0, 0.05) is 10.7 Å². The molecular formula is C8H9ClO4S2. The molecule has 0 saturated heterocycles. The predicted molar refractivity (Wildman–Crippen MR) is 58.1 cm³/mol. The molecule has 15 heavy (non-hydrogen) atoms. The topological polar surface area (TPSA) is 68.3 Å². The SMILES string of the molecule is O=S(=O)(Cl)CCS(=O)(=O)c1ccccc1. The minimum Gasteiger partial charge on any atom is -0.224 e. The second kappa shape index (κ2) is 4.51. The van der Waals surface area contributed by atoms with Crippen molar-refractivity contribution < 1.29 is 16.8 Å². The van der Waals surface area contributed by atoms with Gasteiger partial charge in [0.05, 0.1) is 16.4 Å². The van der Waals surface area contributed by atoms with E-state index in [1.807, 2.05) is 0 Å². The molecule has 0 atom stereocenters. The summed E-state index contributed by atoms with van der Waals surface area (Å²) in [6, 6.07) is 7.65. The lowest BCUT2D eigenvalue weighted by Crippen LogP contribution is -2.14. The highest BCUT2D eigenvalue weighted by atomic mass is 35.7. The van der Waals surface area contributed by atoms with E-state index in [9.17, 15) is 16.8 Å². The maximum absolute atomic E-state index is 11.6. The summed E-state index contributed by atoms with van der Waals surface area (Å²) in [4.78, 5) is 0.102. The Morgan fingerprint density at radius 2 is 1.47 bits per heavy atom. The third-order valence-corrected chi connectivity index (χ3v) is 4.84. The average molecular weight is 269 g/mol. The highest BCUT2D eigenvalue weighted by Crippen LogP contribution is 2.11. The molecule has 0 aliphatic carbocycles. The van der Waals surface area contributed by atoms with Crippen LogP contribution >= 0.6 is 10.7 Å². The standard InChI is InChI=1S/C8H9ClO4S2/c9-15(12,13)7-6-14(10,11)8-4-2-1-3-5-8/h1-5H,6-7H2. The van der Waals surface area contributed by atoms with Gasteiger partial charge in [-0.2, -0.15) is 0 Å². The number of hydrogen-bond acceptors (Lipinski definition) is 4. The van der Waals surface area contributed by atoms with Crippen molar-refractivity contribution in [2.75, 3.05) is 11.5 Å². The van der Waals surface area contributed by atoms with Crippen LogP contribution in [0.25, 0.3) is 0 Å². The van der Waals surface area contributed by atoms with Crippen LogP contribution in [-0.4, -0.2) is 28.3 Å². The van der Waals surface area contributed by atoms with Gasteiger partial charge in [-0.1, -0.05) is 18.2 Å². The van der Waals surface area contributed by atoms with E-state index in [0.717, 1.165) is 0 Å². The quantitative estimate of drug-likeness (QED) is 0.765. The fraction of sp³-hybridized carbons (Fsp3) is 0.250. The monoisotopic (exact) mass is 268 g/mol. The Labute approximate surface area is 93.2 Å². The Morgan fingerprint density at radius 3 is 1.93 bits per heavy atom. The van der Waals surface area contributed by atoms with Gasteiger partial charge in [-0.3, -0.25) is 0 Å². The normalized spacial score (nSPS) is 12.6. The minimum absolute atomic E-state index is 0.102. The Balaban J connectivity index is 2.87. The van der Waals surface area contributed by atoms with Crippen LogP contribution in [0.1, 0.15) is 0 Å². The molecule has 84 valence electrons. The predicted octanol–water partition coefficient (Wildman–Crippen LogP) is 1.03. The molecule has 0 aliphatic rings. The van der Waals surface area contributed by atoms with Crippen LogP contribution in [0.5, 0.6) is 0 Å². The van der Waals surface area contributed by atoms with E-state index in [1.165, 1.54) is 12.1 Å². The molecule has 1 aromatic rings. The highest BCUT2D eigenvalue weighted by Gasteiger charge is 2.17. The van der Waals surface area contributed by atoms with Crippen LogP contribution in [0.3, 0.4) is 0 Å². The third kappa shape index (κ3) is 4.19. The van der Waals surface area contributed by atoms with Crippen molar-refractivity contribution in [3.05, 3.63) is 30.3 Å². The summed E-state index contributed by atoms with van der Waals surface area (Å²) in [7, 11) is -2.39. The lowest BCUT2D eigenvalue weighted by molar-refractivity contribution is 0.592. The van der Waals surface area contributed by atoms with E-state index in [4.69, 9.17) is 10.7 Å². The second-order valence-corrected chi connectivity index (χ2v) is 7.88. The molecule has 0 fully saturated rings. The van der Waals surface area contributed by atoms with Crippen molar-refractivity contribution in [2.24, 2.45) is 0 Å². The first-order valence-electron chi connectivity index (χ1n) is 4.01. The Hall–Kier alpha value is -0.590. The van der Waals surface area contributed by atoms with Gasteiger partial charge < -0.3 is 0 Å². The van der Waals surface area contributed by atoms with Gasteiger partial charge >= 0.3 is 0 Å². The van der Waals surface area contributed by atoms with Gasteiger partial charge in [0.25, 0.3) is 0 Å². The molecule has 1 rings (SSSR count). The average Bonchev–Trinajstić information content (AvgIpc) is 2.16. The maximum Gasteiger partial charge on any atom is 0.233 e. The number of rotatable bonds is 4. The van der Waals surface area contributed by atoms with Crippen LogP contribution in [0.2, 0.25) is 0 Å².